The topological polar surface area (TPSA) is 31.2 Å². The summed E-state index contributed by atoms with van der Waals surface area (Å²) in [7, 11) is 1.40. The molecule has 0 aliphatic heterocycles. The van der Waals surface area contributed by atoms with Gasteiger partial charge in [0.05, 0.1) is 7.11 Å². The maximum absolute atomic E-state index is 13.1. The van der Waals surface area contributed by atoms with Gasteiger partial charge in [0.15, 0.2) is 5.54 Å². The molecule has 4 heteroatoms. The molecule has 0 fully saturated rings. The van der Waals surface area contributed by atoms with Gasteiger partial charge in [0.2, 0.25) is 0 Å². The summed E-state index contributed by atoms with van der Waals surface area (Å²) in [5, 5.41) is 0. The molecule has 3 aromatic rings. The Morgan fingerprint density at radius 1 is 0.875 bits per heavy atom. The number of esters is 1. The maximum Gasteiger partial charge on any atom is 0.341 e. The molecule has 0 unspecified atom stereocenters. The lowest BCUT2D eigenvalue weighted by Crippen LogP contribution is -2.45. The molecule has 0 aliphatic rings. The summed E-state index contributed by atoms with van der Waals surface area (Å²) in [6, 6.07) is 24.6. The Balaban J connectivity index is 2.45. The van der Waals surface area contributed by atoms with Crippen LogP contribution in [-0.2, 0) is 15.1 Å². The van der Waals surface area contributed by atoms with Crippen molar-refractivity contribution in [3.05, 3.63) is 101 Å². The lowest BCUT2D eigenvalue weighted by atomic mass is 9.82. The van der Waals surface area contributed by atoms with Gasteiger partial charge in [0, 0.05) is 6.20 Å². The number of ether oxygens (including phenoxy) is 1. The molecule has 24 heavy (non-hydrogen) atoms. The minimum atomic E-state index is -1.17. The van der Waals surface area contributed by atoms with Gasteiger partial charge in [-0.15, -0.1) is 0 Å². The molecule has 3 nitrogen and oxygen atoms in total. The second kappa shape index (κ2) is 6.81. The third-order valence-electron chi connectivity index (χ3n) is 4.05. The van der Waals surface area contributed by atoms with Crippen LogP contribution in [0.25, 0.3) is 0 Å². The second-order valence-corrected chi connectivity index (χ2v) is 5.76. The highest BCUT2D eigenvalue weighted by atomic mass is 32.1. The van der Waals surface area contributed by atoms with Crippen molar-refractivity contribution in [2.24, 2.45) is 0 Å². The first-order valence-electron chi connectivity index (χ1n) is 7.59. The number of pyridine rings is 1. The Morgan fingerprint density at radius 3 is 1.83 bits per heavy atom. The van der Waals surface area contributed by atoms with Crippen molar-refractivity contribution < 1.29 is 9.53 Å². The third kappa shape index (κ3) is 2.55. The number of hydrogen-bond acceptors (Lipinski definition) is 3. The quantitative estimate of drug-likeness (QED) is 0.529. The lowest BCUT2D eigenvalue weighted by Gasteiger charge is -2.34. The van der Waals surface area contributed by atoms with Crippen LogP contribution in [0.2, 0.25) is 0 Å². The summed E-state index contributed by atoms with van der Waals surface area (Å²) in [6.45, 7) is 0. The number of hydrogen-bond donors (Lipinski definition) is 0. The SMILES string of the molecule is COC(=O)C(c1ccccc1)(c1ccccc1)n1ccccc1=S. The van der Waals surface area contributed by atoms with E-state index in [1.807, 2.05) is 79.0 Å². The Hall–Kier alpha value is -2.72. The summed E-state index contributed by atoms with van der Waals surface area (Å²) in [4.78, 5) is 13.1. The number of nitrogens with zero attached hydrogens (tertiary/aromatic N) is 1. The van der Waals surface area contributed by atoms with Gasteiger partial charge in [-0.3, -0.25) is 0 Å². The zero-order valence-corrected chi connectivity index (χ0v) is 14.1. The van der Waals surface area contributed by atoms with Gasteiger partial charge < -0.3 is 9.30 Å². The van der Waals surface area contributed by atoms with E-state index in [9.17, 15) is 4.79 Å². The van der Waals surface area contributed by atoms with Crippen molar-refractivity contribution in [1.82, 2.24) is 4.57 Å². The van der Waals surface area contributed by atoms with Crippen LogP contribution < -0.4 is 0 Å². The molecular weight excluding hydrogens is 318 g/mol. The fraction of sp³-hybridized carbons (Fsp3) is 0.100. The average molecular weight is 335 g/mol. The van der Waals surface area contributed by atoms with E-state index < -0.39 is 5.54 Å². The van der Waals surface area contributed by atoms with Gasteiger partial charge in [-0.2, -0.15) is 0 Å². The van der Waals surface area contributed by atoms with Gasteiger partial charge in [-0.25, -0.2) is 4.79 Å². The monoisotopic (exact) mass is 335 g/mol. The van der Waals surface area contributed by atoms with Gasteiger partial charge in [-0.1, -0.05) is 78.9 Å². The van der Waals surface area contributed by atoms with E-state index in [2.05, 4.69) is 0 Å². The number of carbonyl (C=O) groups excluding carboxylic acids is 1. The fourth-order valence-corrected chi connectivity index (χ4v) is 3.27. The summed E-state index contributed by atoms with van der Waals surface area (Å²) >= 11 is 5.52. The minimum Gasteiger partial charge on any atom is -0.467 e. The zero-order chi connectivity index (χ0) is 17.0. The van der Waals surface area contributed by atoms with Crippen LogP contribution in [0.15, 0.2) is 85.1 Å². The van der Waals surface area contributed by atoms with Gasteiger partial charge in [-0.05, 0) is 23.3 Å². The zero-order valence-electron chi connectivity index (χ0n) is 13.3. The van der Waals surface area contributed by atoms with Crippen LogP contribution in [0.5, 0.6) is 0 Å². The molecule has 0 bridgehead atoms. The predicted octanol–water partition coefficient (Wildman–Crippen LogP) is 4.18. The minimum absolute atomic E-state index is 0.387. The van der Waals surface area contributed by atoms with E-state index in [4.69, 9.17) is 17.0 Å². The summed E-state index contributed by atoms with van der Waals surface area (Å²) in [5.74, 6) is -0.387. The summed E-state index contributed by atoms with van der Waals surface area (Å²) in [5.41, 5.74) is 0.422. The van der Waals surface area contributed by atoms with E-state index in [0.717, 1.165) is 11.1 Å². The van der Waals surface area contributed by atoms with Gasteiger partial charge in [0.25, 0.3) is 0 Å². The molecule has 0 saturated heterocycles. The van der Waals surface area contributed by atoms with Crippen molar-refractivity contribution in [1.29, 1.82) is 0 Å². The van der Waals surface area contributed by atoms with E-state index in [0.29, 0.717) is 4.64 Å². The Morgan fingerprint density at radius 2 is 1.38 bits per heavy atom. The molecule has 0 N–H and O–H groups in total. The first-order chi connectivity index (χ1) is 11.7. The Labute approximate surface area is 146 Å². The van der Waals surface area contributed by atoms with Crippen LogP contribution in [0.3, 0.4) is 0 Å². The standard InChI is InChI=1S/C20H17NO2S/c1-23-19(22)20(16-10-4-2-5-11-16,17-12-6-3-7-13-17)21-15-9-8-14-18(21)24/h2-15H,1H3. The van der Waals surface area contributed by atoms with E-state index >= 15 is 0 Å². The Kier molecular flexibility index (Phi) is 4.58. The van der Waals surface area contributed by atoms with E-state index in [1.165, 1.54) is 7.11 Å². The molecular formula is C20H17NO2S. The average Bonchev–Trinajstić information content (AvgIpc) is 2.65. The number of aromatic nitrogens is 1. The van der Waals surface area contributed by atoms with Crippen molar-refractivity contribution >= 4 is 18.2 Å². The maximum atomic E-state index is 13.1. The van der Waals surface area contributed by atoms with Crippen molar-refractivity contribution in [3.8, 4) is 0 Å². The third-order valence-corrected chi connectivity index (χ3v) is 4.38. The van der Waals surface area contributed by atoms with Crippen molar-refractivity contribution in [3.63, 3.8) is 0 Å². The highest BCUT2D eigenvalue weighted by molar-refractivity contribution is 7.71. The molecule has 0 saturated carbocycles. The molecule has 0 atom stereocenters. The fourth-order valence-electron chi connectivity index (χ4n) is 2.99. The van der Waals surface area contributed by atoms with Gasteiger partial charge in [0.1, 0.15) is 4.64 Å². The number of methoxy groups -OCH3 is 1. The van der Waals surface area contributed by atoms with Crippen LogP contribution in [0.1, 0.15) is 11.1 Å². The molecule has 120 valence electrons. The van der Waals surface area contributed by atoms with Crippen molar-refractivity contribution in [2.45, 2.75) is 5.54 Å². The predicted molar refractivity (Wildman–Crippen MR) is 96.3 cm³/mol. The molecule has 0 radical (unpaired) electrons. The largest absolute Gasteiger partial charge is 0.467 e. The van der Waals surface area contributed by atoms with E-state index in [-0.39, 0.29) is 5.97 Å². The van der Waals surface area contributed by atoms with Crippen LogP contribution in [-0.4, -0.2) is 17.6 Å². The molecule has 1 aromatic heterocycles. The summed E-state index contributed by atoms with van der Waals surface area (Å²) in [6.07, 6.45) is 1.82. The highest BCUT2D eigenvalue weighted by Crippen LogP contribution is 2.35. The molecule has 3 rings (SSSR count). The number of benzene rings is 2. The first-order valence-corrected chi connectivity index (χ1v) is 7.99. The molecule has 0 aliphatic carbocycles. The van der Waals surface area contributed by atoms with Crippen LogP contribution in [0, 0.1) is 4.64 Å². The Bertz CT molecular complexity index is 849. The number of carbonyl (C=O) groups is 1. The molecule has 2 aromatic carbocycles. The van der Waals surface area contributed by atoms with Crippen LogP contribution in [0.4, 0.5) is 0 Å². The second-order valence-electron chi connectivity index (χ2n) is 5.34. The molecule has 1 heterocycles. The highest BCUT2D eigenvalue weighted by Gasteiger charge is 2.45. The van der Waals surface area contributed by atoms with Crippen LogP contribution >= 0.6 is 12.2 Å². The molecule has 0 spiro atoms. The lowest BCUT2D eigenvalue weighted by molar-refractivity contribution is -0.147. The van der Waals surface area contributed by atoms with E-state index in [1.54, 1.807) is 10.6 Å². The van der Waals surface area contributed by atoms with Crippen molar-refractivity contribution in [2.75, 3.05) is 7.11 Å². The molecule has 0 amide bonds. The smallest absolute Gasteiger partial charge is 0.341 e. The number of rotatable bonds is 4. The van der Waals surface area contributed by atoms with Gasteiger partial charge >= 0.3 is 5.97 Å². The first kappa shape index (κ1) is 16.1. The summed E-state index contributed by atoms with van der Waals surface area (Å²) < 4.78 is 7.57. The normalized spacial score (nSPS) is 11.0.